The van der Waals surface area contributed by atoms with Crippen LogP contribution >= 0.6 is 0 Å². The highest BCUT2D eigenvalue weighted by atomic mass is 19.4. The lowest BCUT2D eigenvalue weighted by Crippen LogP contribution is -2.33. The Bertz CT molecular complexity index is 823. The van der Waals surface area contributed by atoms with E-state index in [1.165, 1.54) is 6.07 Å². The number of pyridine rings is 1. The van der Waals surface area contributed by atoms with Gasteiger partial charge in [-0.2, -0.15) is 13.2 Å². The fourth-order valence-electron chi connectivity index (χ4n) is 2.36. The van der Waals surface area contributed by atoms with Crippen molar-refractivity contribution in [3.8, 4) is 0 Å². The first-order chi connectivity index (χ1) is 13.2. The molecular formula is C19H20F3N3O3. The zero-order valence-electron chi connectivity index (χ0n) is 15.3. The maximum absolute atomic E-state index is 12.7. The SMILES string of the molecule is CCOC(=O)CNC(=O)C(C)c1ccc(Nc2ccnc(C(F)(F)F)c2)cc1. The second-order valence-electron chi connectivity index (χ2n) is 5.92. The Morgan fingerprint density at radius 1 is 1.14 bits per heavy atom. The number of esters is 1. The number of halogens is 3. The average Bonchev–Trinajstić information content (AvgIpc) is 2.66. The molecule has 1 aromatic heterocycles. The van der Waals surface area contributed by atoms with E-state index >= 15 is 0 Å². The van der Waals surface area contributed by atoms with Crippen LogP contribution in [0.5, 0.6) is 0 Å². The largest absolute Gasteiger partial charge is 0.465 e. The van der Waals surface area contributed by atoms with Crippen molar-refractivity contribution < 1.29 is 27.5 Å². The summed E-state index contributed by atoms with van der Waals surface area (Å²) in [5, 5.41) is 5.36. The van der Waals surface area contributed by atoms with Crippen LogP contribution in [0.15, 0.2) is 42.6 Å². The summed E-state index contributed by atoms with van der Waals surface area (Å²) < 4.78 is 42.9. The maximum atomic E-state index is 12.7. The van der Waals surface area contributed by atoms with Crippen LogP contribution in [0.25, 0.3) is 0 Å². The number of carbonyl (C=O) groups excluding carboxylic acids is 2. The zero-order valence-corrected chi connectivity index (χ0v) is 15.3. The van der Waals surface area contributed by atoms with Crippen molar-refractivity contribution in [2.75, 3.05) is 18.5 Å². The number of aromatic nitrogens is 1. The van der Waals surface area contributed by atoms with E-state index in [0.29, 0.717) is 11.3 Å². The van der Waals surface area contributed by atoms with Crippen LogP contribution in [0, 0.1) is 0 Å². The lowest BCUT2D eigenvalue weighted by atomic mass is 10.00. The van der Waals surface area contributed by atoms with Gasteiger partial charge in [-0.3, -0.25) is 14.6 Å². The molecule has 0 fully saturated rings. The van der Waals surface area contributed by atoms with Gasteiger partial charge >= 0.3 is 12.1 Å². The molecule has 150 valence electrons. The van der Waals surface area contributed by atoms with Gasteiger partial charge < -0.3 is 15.4 Å². The van der Waals surface area contributed by atoms with Gasteiger partial charge in [0.2, 0.25) is 5.91 Å². The van der Waals surface area contributed by atoms with Crippen LogP contribution < -0.4 is 10.6 Å². The van der Waals surface area contributed by atoms with E-state index in [1.54, 1.807) is 38.1 Å². The number of alkyl halides is 3. The molecule has 0 radical (unpaired) electrons. The van der Waals surface area contributed by atoms with Crippen molar-refractivity contribution in [2.24, 2.45) is 0 Å². The van der Waals surface area contributed by atoms with Gasteiger partial charge in [0.1, 0.15) is 12.2 Å². The average molecular weight is 395 g/mol. The van der Waals surface area contributed by atoms with E-state index in [1.807, 2.05) is 0 Å². The summed E-state index contributed by atoms with van der Waals surface area (Å²) >= 11 is 0. The first kappa shape index (κ1) is 21.2. The predicted octanol–water partition coefficient (Wildman–Crippen LogP) is 3.63. The summed E-state index contributed by atoms with van der Waals surface area (Å²) in [7, 11) is 0. The first-order valence-electron chi connectivity index (χ1n) is 8.54. The van der Waals surface area contributed by atoms with Gasteiger partial charge in [-0.05, 0) is 43.7 Å². The quantitative estimate of drug-likeness (QED) is 0.700. The van der Waals surface area contributed by atoms with Crippen molar-refractivity contribution in [1.29, 1.82) is 0 Å². The monoisotopic (exact) mass is 395 g/mol. The van der Waals surface area contributed by atoms with Gasteiger partial charge in [0, 0.05) is 17.6 Å². The molecule has 1 heterocycles. The fourth-order valence-corrected chi connectivity index (χ4v) is 2.36. The molecule has 2 N–H and O–H groups in total. The summed E-state index contributed by atoms with van der Waals surface area (Å²) in [6.07, 6.45) is -3.44. The minimum atomic E-state index is -4.52. The summed E-state index contributed by atoms with van der Waals surface area (Å²) in [5.41, 5.74) is 0.510. The number of rotatable bonds is 7. The normalized spacial score (nSPS) is 12.2. The van der Waals surface area contributed by atoms with Gasteiger partial charge in [0.25, 0.3) is 0 Å². The molecule has 0 spiro atoms. The highest BCUT2D eigenvalue weighted by Crippen LogP contribution is 2.29. The molecule has 0 saturated heterocycles. The Morgan fingerprint density at radius 2 is 1.82 bits per heavy atom. The molecule has 1 unspecified atom stereocenters. The molecular weight excluding hydrogens is 375 g/mol. The number of ether oxygens (including phenoxy) is 1. The number of benzene rings is 1. The van der Waals surface area contributed by atoms with Crippen LogP contribution in [0.2, 0.25) is 0 Å². The van der Waals surface area contributed by atoms with Crippen LogP contribution in [-0.4, -0.2) is 30.0 Å². The van der Waals surface area contributed by atoms with E-state index in [4.69, 9.17) is 4.74 Å². The van der Waals surface area contributed by atoms with Crippen LogP contribution in [0.1, 0.15) is 31.0 Å². The molecule has 1 atom stereocenters. The van der Waals surface area contributed by atoms with E-state index < -0.39 is 23.8 Å². The summed E-state index contributed by atoms with van der Waals surface area (Å²) in [5.74, 6) is -1.36. The molecule has 2 rings (SSSR count). The number of nitrogens with zero attached hydrogens (tertiary/aromatic N) is 1. The lowest BCUT2D eigenvalue weighted by Gasteiger charge is -2.14. The van der Waals surface area contributed by atoms with Crippen LogP contribution in [0.3, 0.4) is 0 Å². The number of anilines is 2. The minimum Gasteiger partial charge on any atom is -0.465 e. The van der Waals surface area contributed by atoms with Gasteiger partial charge in [-0.15, -0.1) is 0 Å². The third-order valence-corrected chi connectivity index (χ3v) is 3.86. The Hall–Kier alpha value is -3.10. The number of hydrogen-bond acceptors (Lipinski definition) is 5. The van der Waals surface area contributed by atoms with Crippen LogP contribution in [-0.2, 0) is 20.5 Å². The summed E-state index contributed by atoms with van der Waals surface area (Å²) in [6.45, 7) is 3.39. The topological polar surface area (TPSA) is 80.3 Å². The van der Waals surface area contributed by atoms with Gasteiger partial charge in [0.05, 0.1) is 12.5 Å². The molecule has 1 amide bonds. The maximum Gasteiger partial charge on any atom is 0.433 e. The van der Waals surface area contributed by atoms with E-state index in [2.05, 4.69) is 15.6 Å². The Balaban J connectivity index is 1.99. The highest BCUT2D eigenvalue weighted by Gasteiger charge is 2.32. The second-order valence-corrected chi connectivity index (χ2v) is 5.92. The Morgan fingerprint density at radius 3 is 2.43 bits per heavy atom. The Labute approximate surface area is 160 Å². The number of hydrogen-bond donors (Lipinski definition) is 2. The van der Waals surface area contributed by atoms with Gasteiger partial charge in [-0.1, -0.05) is 12.1 Å². The predicted molar refractivity (Wildman–Crippen MR) is 97.0 cm³/mol. The van der Waals surface area contributed by atoms with Crippen molar-refractivity contribution in [3.05, 3.63) is 53.9 Å². The zero-order chi connectivity index (χ0) is 20.7. The number of carbonyl (C=O) groups is 2. The molecule has 9 heteroatoms. The van der Waals surface area contributed by atoms with Crippen molar-refractivity contribution in [1.82, 2.24) is 10.3 Å². The lowest BCUT2D eigenvalue weighted by molar-refractivity contribution is -0.143. The summed E-state index contributed by atoms with van der Waals surface area (Å²) in [4.78, 5) is 26.7. The standard InChI is InChI=1S/C19H20F3N3O3/c1-3-28-17(26)11-24-18(27)12(2)13-4-6-14(7-5-13)25-15-8-9-23-16(10-15)19(20,21)22/h4-10,12H,3,11H2,1-2H3,(H,23,25)(H,24,27). The fraction of sp³-hybridized carbons (Fsp3) is 0.316. The van der Waals surface area contributed by atoms with E-state index in [0.717, 1.165) is 12.3 Å². The van der Waals surface area contributed by atoms with E-state index in [9.17, 15) is 22.8 Å². The number of nitrogens with one attached hydrogen (secondary N) is 2. The second kappa shape index (κ2) is 9.20. The molecule has 0 aliphatic rings. The first-order valence-corrected chi connectivity index (χ1v) is 8.54. The van der Waals surface area contributed by atoms with Gasteiger partial charge in [0.15, 0.2) is 0 Å². The third kappa shape index (κ3) is 5.97. The molecule has 2 aromatic rings. The highest BCUT2D eigenvalue weighted by molar-refractivity contribution is 5.86. The van der Waals surface area contributed by atoms with Crippen molar-refractivity contribution in [2.45, 2.75) is 25.9 Å². The van der Waals surface area contributed by atoms with Crippen molar-refractivity contribution >= 4 is 23.3 Å². The van der Waals surface area contributed by atoms with Crippen LogP contribution in [0.4, 0.5) is 24.5 Å². The molecule has 0 aliphatic carbocycles. The van der Waals surface area contributed by atoms with Crippen molar-refractivity contribution in [3.63, 3.8) is 0 Å². The molecule has 0 bridgehead atoms. The van der Waals surface area contributed by atoms with E-state index in [-0.39, 0.29) is 24.7 Å². The smallest absolute Gasteiger partial charge is 0.433 e. The molecule has 28 heavy (non-hydrogen) atoms. The molecule has 6 nitrogen and oxygen atoms in total. The minimum absolute atomic E-state index is 0.208. The number of amides is 1. The third-order valence-electron chi connectivity index (χ3n) is 3.86. The van der Waals surface area contributed by atoms with Gasteiger partial charge in [-0.25, -0.2) is 0 Å². The summed E-state index contributed by atoms with van der Waals surface area (Å²) in [6, 6.07) is 9.01. The molecule has 1 aromatic carbocycles. The molecule has 0 saturated carbocycles. The Kier molecular flexibility index (Phi) is 6.97. The molecule has 0 aliphatic heterocycles.